The lowest BCUT2D eigenvalue weighted by molar-refractivity contribution is -0.106. The van der Waals surface area contributed by atoms with Crippen LogP contribution in [-0.2, 0) is 11.3 Å². The van der Waals surface area contributed by atoms with E-state index in [2.05, 4.69) is 40.6 Å². The number of aromatic hydroxyl groups is 1. The summed E-state index contributed by atoms with van der Waals surface area (Å²) >= 11 is 6.53. The molecule has 33 heavy (non-hydrogen) atoms. The summed E-state index contributed by atoms with van der Waals surface area (Å²) in [4.78, 5) is 13.4. The van der Waals surface area contributed by atoms with Gasteiger partial charge >= 0.3 is 0 Å². The van der Waals surface area contributed by atoms with Gasteiger partial charge in [-0.1, -0.05) is 60.1 Å². The van der Waals surface area contributed by atoms with Gasteiger partial charge in [0.15, 0.2) is 0 Å². The van der Waals surface area contributed by atoms with Crippen LogP contribution in [0.4, 0.5) is 0 Å². The highest BCUT2D eigenvalue weighted by Gasteiger charge is 2.30. The van der Waals surface area contributed by atoms with Gasteiger partial charge in [-0.15, -0.1) is 0 Å². The standard InChI is InChI=1S/C20H25ClN2.C6H6O.CH3NO/c1-14-19(21)23(13-15-7-8-15)20(22-14)18-11-9-17(10-12-18)16-5-3-2-4-6-16;7-6-4-2-1-3-5-6;2-1-3/h2-6,15,17-18H,7-13H2,1H3;1-5,7H;1H,(H2,2,3). The van der Waals surface area contributed by atoms with Gasteiger partial charge in [0.1, 0.15) is 16.7 Å². The van der Waals surface area contributed by atoms with Crippen molar-refractivity contribution < 1.29 is 9.90 Å². The zero-order valence-corrected chi connectivity index (χ0v) is 20.0. The predicted molar refractivity (Wildman–Crippen MR) is 133 cm³/mol. The Labute approximate surface area is 201 Å². The predicted octanol–water partition coefficient (Wildman–Crippen LogP) is 6.19. The van der Waals surface area contributed by atoms with Crippen LogP contribution in [0.5, 0.6) is 5.75 Å². The zero-order chi connectivity index (χ0) is 23.6. The van der Waals surface area contributed by atoms with Gasteiger partial charge in [0.05, 0.1) is 5.69 Å². The number of para-hydroxylation sites is 1. The first kappa shape index (κ1) is 24.8. The van der Waals surface area contributed by atoms with E-state index in [9.17, 15) is 0 Å². The molecule has 1 heterocycles. The van der Waals surface area contributed by atoms with Crippen LogP contribution < -0.4 is 5.73 Å². The number of imidazole rings is 1. The Kier molecular flexibility index (Phi) is 9.37. The number of aryl methyl sites for hydroxylation is 1. The number of amides is 1. The van der Waals surface area contributed by atoms with Crippen molar-refractivity contribution >= 4 is 18.0 Å². The Balaban J connectivity index is 0.000000257. The molecule has 0 atom stereocenters. The van der Waals surface area contributed by atoms with Gasteiger partial charge in [0, 0.05) is 12.5 Å². The van der Waals surface area contributed by atoms with Gasteiger partial charge in [-0.3, -0.25) is 4.79 Å². The van der Waals surface area contributed by atoms with E-state index in [-0.39, 0.29) is 6.41 Å². The molecular formula is C27H34ClN3O2. The van der Waals surface area contributed by atoms with Crippen LogP contribution in [0.1, 0.15) is 67.4 Å². The van der Waals surface area contributed by atoms with Crippen LogP contribution in [0.25, 0.3) is 0 Å². The molecule has 176 valence electrons. The Bertz CT molecular complexity index is 979. The largest absolute Gasteiger partial charge is 0.508 e. The number of rotatable bonds is 4. The van der Waals surface area contributed by atoms with E-state index < -0.39 is 0 Å². The molecule has 2 saturated carbocycles. The molecule has 0 saturated heterocycles. The third-order valence-corrected chi connectivity index (χ3v) is 6.83. The Hall–Kier alpha value is -2.79. The summed E-state index contributed by atoms with van der Waals surface area (Å²) < 4.78 is 2.32. The number of halogens is 1. The fraction of sp³-hybridized carbons (Fsp3) is 0.407. The smallest absolute Gasteiger partial charge is 0.204 e. The second-order valence-electron chi connectivity index (χ2n) is 8.83. The third kappa shape index (κ3) is 7.36. The number of phenols is 1. The van der Waals surface area contributed by atoms with Crippen LogP contribution in [0.3, 0.4) is 0 Å². The van der Waals surface area contributed by atoms with E-state index in [1.807, 2.05) is 13.0 Å². The molecule has 0 aliphatic heterocycles. The first-order valence-corrected chi connectivity index (χ1v) is 12.1. The third-order valence-electron chi connectivity index (χ3n) is 6.35. The second-order valence-corrected chi connectivity index (χ2v) is 9.19. The van der Waals surface area contributed by atoms with Gasteiger partial charge in [-0.05, 0) is 75.0 Å². The van der Waals surface area contributed by atoms with E-state index in [4.69, 9.17) is 26.5 Å². The van der Waals surface area contributed by atoms with Gasteiger partial charge in [-0.2, -0.15) is 0 Å². The van der Waals surface area contributed by atoms with Crippen LogP contribution >= 0.6 is 11.6 Å². The van der Waals surface area contributed by atoms with Crippen LogP contribution in [0, 0.1) is 12.8 Å². The number of benzene rings is 2. The lowest BCUT2D eigenvalue weighted by Crippen LogP contribution is -2.17. The molecule has 5 nitrogen and oxygen atoms in total. The minimum atomic E-state index is 0.250. The highest BCUT2D eigenvalue weighted by Crippen LogP contribution is 2.42. The number of carbonyl (C=O) groups excluding carboxylic acids is 1. The lowest BCUT2D eigenvalue weighted by atomic mass is 9.78. The molecule has 3 N–H and O–H groups in total. The number of hydrogen-bond acceptors (Lipinski definition) is 3. The van der Waals surface area contributed by atoms with Gasteiger partial charge < -0.3 is 15.4 Å². The average molecular weight is 468 g/mol. The van der Waals surface area contributed by atoms with Crippen molar-refractivity contribution in [2.45, 2.75) is 63.8 Å². The maximum Gasteiger partial charge on any atom is 0.204 e. The van der Waals surface area contributed by atoms with Crippen molar-refractivity contribution in [1.82, 2.24) is 9.55 Å². The number of carbonyl (C=O) groups is 1. The van der Waals surface area contributed by atoms with Crippen molar-refractivity contribution in [2.75, 3.05) is 0 Å². The SMILES string of the molecule is Cc1nc(C2CCC(c3ccccc3)CC2)n(CC2CC2)c1Cl.NC=O.Oc1ccccc1. The first-order valence-electron chi connectivity index (χ1n) is 11.7. The Morgan fingerprint density at radius 1 is 0.970 bits per heavy atom. The highest BCUT2D eigenvalue weighted by atomic mass is 35.5. The molecule has 6 heteroatoms. The summed E-state index contributed by atoms with van der Waals surface area (Å²) in [7, 11) is 0. The normalized spacial score (nSPS) is 19.5. The molecule has 0 radical (unpaired) electrons. The molecule has 2 aliphatic carbocycles. The van der Waals surface area contributed by atoms with E-state index in [1.54, 1.807) is 24.3 Å². The average Bonchev–Trinajstić information content (AvgIpc) is 3.62. The van der Waals surface area contributed by atoms with Crippen LogP contribution in [0.2, 0.25) is 5.15 Å². The number of primary amides is 1. The van der Waals surface area contributed by atoms with E-state index in [0.29, 0.717) is 11.7 Å². The van der Waals surface area contributed by atoms with Gasteiger partial charge in [0.2, 0.25) is 6.41 Å². The second kappa shape index (κ2) is 12.4. The molecule has 0 bridgehead atoms. The van der Waals surface area contributed by atoms with Gasteiger partial charge in [-0.25, -0.2) is 4.98 Å². The van der Waals surface area contributed by atoms with Gasteiger partial charge in [0.25, 0.3) is 0 Å². The molecule has 5 rings (SSSR count). The molecule has 2 aliphatic rings. The summed E-state index contributed by atoms with van der Waals surface area (Å²) in [6.45, 7) is 3.12. The summed E-state index contributed by atoms with van der Waals surface area (Å²) in [5.41, 5.74) is 6.67. The maximum absolute atomic E-state index is 8.63. The number of nitrogens with zero attached hydrogens (tertiary/aromatic N) is 2. The van der Waals surface area contributed by atoms with E-state index in [0.717, 1.165) is 29.2 Å². The highest BCUT2D eigenvalue weighted by molar-refractivity contribution is 6.30. The molecule has 0 unspecified atom stereocenters. The molecule has 1 aromatic heterocycles. The number of hydrogen-bond donors (Lipinski definition) is 2. The van der Waals surface area contributed by atoms with E-state index >= 15 is 0 Å². The van der Waals surface area contributed by atoms with Crippen molar-refractivity contribution in [3.8, 4) is 5.75 Å². The molecule has 0 spiro atoms. The monoisotopic (exact) mass is 467 g/mol. The summed E-state index contributed by atoms with van der Waals surface area (Å²) in [5.74, 6) is 3.71. The summed E-state index contributed by atoms with van der Waals surface area (Å²) in [6.07, 6.45) is 7.96. The zero-order valence-electron chi connectivity index (χ0n) is 19.2. The number of nitrogens with two attached hydrogens (primary N) is 1. The maximum atomic E-state index is 8.63. The van der Waals surface area contributed by atoms with Crippen LogP contribution in [0.15, 0.2) is 60.7 Å². The molecule has 2 aromatic carbocycles. The topological polar surface area (TPSA) is 81.1 Å². The molecule has 2 fully saturated rings. The van der Waals surface area contributed by atoms with Crippen molar-refractivity contribution in [3.05, 3.63) is 82.9 Å². The Morgan fingerprint density at radius 2 is 1.48 bits per heavy atom. The van der Waals surface area contributed by atoms with Crippen molar-refractivity contribution in [2.24, 2.45) is 11.7 Å². The minimum Gasteiger partial charge on any atom is -0.508 e. The number of aromatic nitrogens is 2. The fourth-order valence-corrected chi connectivity index (χ4v) is 4.65. The Morgan fingerprint density at radius 3 is 1.97 bits per heavy atom. The summed E-state index contributed by atoms with van der Waals surface area (Å²) in [6, 6.07) is 19.7. The fourth-order valence-electron chi connectivity index (χ4n) is 4.46. The lowest BCUT2D eigenvalue weighted by Gasteiger charge is -2.29. The molecular weight excluding hydrogens is 434 g/mol. The first-order chi connectivity index (χ1) is 16.0. The summed E-state index contributed by atoms with van der Waals surface area (Å²) in [5, 5.41) is 9.50. The molecule has 1 amide bonds. The quantitative estimate of drug-likeness (QED) is 0.449. The van der Waals surface area contributed by atoms with Crippen molar-refractivity contribution in [1.29, 1.82) is 0 Å². The number of phenolic OH excluding ortho intramolecular Hbond substituents is 1. The van der Waals surface area contributed by atoms with E-state index in [1.165, 1.54) is 49.9 Å². The van der Waals surface area contributed by atoms with Crippen molar-refractivity contribution in [3.63, 3.8) is 0 Å². The molecule has 3 aromatic rings. The minimum absolute atomic E-state index is 0.250. The van der Waals surface area contributed by atoms with Crippen LogP contribution in [-0.4, -0.2) is 21.1 Å².